The van der Waals surface area contributed by atoms with Crippen molar-refractivity contribution in [1.29, 1.82) is 0 Å². The number of carbonyl (C=O) groups is 1. The second kappa shape index (κ2) is 6.48. The van der Waals surface area contributed by atoms with Gasteiger partial charge in [-0.15, -0.1) is 0 Å². The number of rotatable bonds is 4. The van der Waals surface area contributed by atoms with E-state index >= 15 is 0 Å². The molecule has 2 nitrogen and oxygen atoms in total. The monoisotopic (exact) mass is 327 g/mol. The number of nitrogens with one attached hydrogen (secondary N) is 1. The molecule has 1 aliphatic carbocycles. The maximum absolute atomic E-state index is 12.8. The number of hydrogen-bond acceptors (Lipinski definition) is 2. The largest absolute Gasteiger partial charge is 0.351 e. The minimum atomic E-state index is 0.0708. The molecule has 122 valence electrons. The normalized spacial score (nSPS) is 16.5. The fourth-order valence-corrected chi connectivity index (χ4v) is 4.84. The van der Waals surface area contributed by atoms with E-state index < -0.39 is 0 Å². The molecule has 1 fully saturated rings. The Morgan fingerprint density at radius 2 is 1.83 bits per heavy atom. The van der Waals surface area contributed by atoms with Crippen molar-refractivity contribution in [3.8, 4) is 0 Å². The molecule has 3 heteroatoms. The first kappa shape index (κ1) is 16.3. The van der Waals surface area contributed by atoms with Crippen molar-refractivity contribution in [3.05, 3.63) is 56.8 Å². The summed E-state index contributed by atoms with van der Waals surface area (Å²) in [7, 11) is 0. The number of carbonyl (C=O) groups excluding carboxylic acids is 1. The highest BCUT2D eigenvalue weighted by atomic mass is 32.1. The molecule has 1 aromatic heterocycles. The van der Waals surface area contributed by atoms with Crippen LogP contribution < -0.4 is 5.32 Å². The van der Waals surface area contributed by atoms with Gasteiger partial charge in [0.2, 0.25) is 0 Å². The zero-order valence-corrected chi connectivity index (χ0v) is 15.1. The Morgan fingerprint density at radius 1 is 1.17 bits per heavy atom. The Morgan fingerprint density at radius 3 is 2.39 bits per heavy atom. The molecular weight excluding hydrogens is 302 g/mol. The van der Waals surface area contributed by atoms with Gasteiger partial charge in [0.25, 0.3) is 5.91 Å². The van der Waals surface area contributed by atoms with Crippen molar-refractivity contribution < 1.29 is 4.79 Å². The van der Waals surface area contributed by atoms with Gasteiger partial charge in [-0.25, -0.2) is 0 Å². The topological polar surface area (TPSA) is 29.1 Å². The van der Waals surface area contributed by atoms with Gasteiger partial charge in [-0.05, 0) is 67.1 Å². The van der Waals surface area contributed by atoms with Crippen molar-refractivity contribution in [2.24, 2.45) is 0 Å². The minimum absolute atomic E-state index is 0.0708. The molecule has 3 rings (SSSR count). The summed E-state index contributed by atoms with van der Waals surface area (Å²) < 4.78 is 0. The first-order chi connectivity index (χ1) is 11.0. The van der Waals surface area contributed by atoms with Crippen LogP contribution in [0.2, 0.25) is 0 Å². The van der Waals surface area contributed by atoms with Gasteiger partial charge < -0.3 is 5.32 Å². The molecule has 0 saturated heterocycles. The summed E-state index contributed by atoms with van der Waals surface area (Å²) in [4.78, 5) is 12.8. The zero-order chi connectivity index (χ0) is 16.4. The standard InChI is InChI=1S/C20H25NOS/c1-14-10-15(2)18(16(3)11-14)19(22)21-13-20(7-4-5-8-20)17-6-9-23-12-17/h6,9-12H,4-5,7-8,13H2,1-3H3,(H,21,22). The van der Waals surface area contributed by atoms with Crippen molar-refractivity contribution in [2.45, 2.75) is 51.9 Å². The fourth-order valence-electron chi connectivity index (χ4n) is 4.06. The highest BCUT2D eigenvalue weighted by Gasteiger charge is 2.36. The minimum Gasteiger partial charge on any atom is -0.351 e. The number of amides is 1. The molecule has 0 aliphatic heterocycles. The van der Waals surface area contributed by atoms with Crippen molar-refractivity contribution in [1.82, 2.24) is 5.32 Å². The van der Waals surface area contributed by atoms with Gasteiger partial charge in [0.15, 0.2) is 0 Å². The van der Waals surface area contributed by atoms with Gasteiger partial charge in [-0.2, -0.15) is 11.3 Å². The molecule has 1 saturated carbocycles. The van der Waals surface area contributed by atoms with Crippen LogP contribution >= 0.6 is 11.3 Å². The van der Waals surface area contributed by atoms with Gasteiger partial charge in [0, 0.05) is 17.5 Å². The van der Waals surface area contributed by atoms with E-state index in [-0.39, 0.29) is 11.3 Å². The van der Waals surface area contributed by atoms with E-state index in [1.165, 1.54) is 36.8 Å². The smallest absolute Gasteiger partial charge is 0.251 e. The van der Waals surface area contributed by atoms with Gasteiger partial charge in [0.05, 0.1) is 0 Å². The highest BCUT2D eigenvalue weighted by Crippen LogP contribution is 2.41. The van der Waals surface area contributed by atoms with Crippen LogP contribution in [0.4, 0.5) is 0 Å². The summed E-state index contributed by atoms with van der Waals surface area (Å²) in [5.74, 6) is 0.0708. The molecule has 2 aromatic rings. The van der Waals surface area contributed by atoms with E-state index in [9.17, 15) is 4.79 Å². The molecule has 1 heterocycles. The Hall–Kier alpha value is -1.61. The third-order valence-electron chi connectivity index (χ3n) is 5.19. The third kappa shape index (κ3) is 3.20. The van der Waals surface area contributed by atoms with E-state index in [0.29, 0.717) is 0 Å². The van der Waals surface area contributed by atoms with E-state index in [4.69, 9.17) is 0 Å². The van der Waals surface area contributed by atoms with E-state index in [1.807, 2.05) is 13.8 Å². The highest BCUT2D eigenvalue weighted by molar-refractivity contribution is 7.08. The van der Waals surface area contributed by atoms with E-state index in [1.54, 1.807) is 11.3 Å². The second-order valence-electron chi connectivity index (χ2n) is 6.96. The summed E-state index contributed by atoms with van der Waals surface area (Å²) in [6.07, 6.45) is 4.87. The first-order valence-corrected chi connectivity index (χ1v) is 9.35. The van der Waals surface area contributed by atoms with Crippen LogP contribution in [0.25, 0.3) is 0 Å². The summed E-state index contributed by atoms with van der Waals surface area (Å²) in [6.45, 7) is 6.87. The summed E-state index contributed by atoms with van der Waals surface area (Å²) in [5, 5.41) is 7.63. The van der Waals surface area contributed by atoms with Crippen LogP contribution in [0.5, 0.6) is 0 Å². The maximum atomic E-state index is 12.8. The summed E-state index contributed by atoms with van der Waals surface area (Å²) in [5.41, 5.74) is 5.73. The number of benzene rings is 1. The quantitative estimate of drug-likeness (QED) is 0.849. The van der Waals surface area contributed by atoms with Crippen molar-refractivity contribution in [3.63, 3.8) is 0 Å². The molecule has 0 unspecified atom stereocenters. The molecule has 1 aromatic carbocycles. The zero-order valence-electron chi connectivity index (χ0n) is 14.2. The summed E-state index contributed by atoms with van der Waals surface area (Å²) >= 11 is 1.75. The number of hydrogen-bond donors (Lipinski definition) is 1. The maximum Gasteiger partial charge on any atom is 0.251 e. The van der Waals surface area contributed by atoms with Gasteiger partial charge >= 0.3 is 0 Å². The van der Waals surface area contributed by atoms with Crippen LogP contribution in [0.3, 0.4) is 0 Å². The van der Waals surface area contributed by atoms with Gasteiger partial charge in [-0.1, -0.05) is 30.5 Å². The number of thiophene rings is 1. The molecule has 1 amide bonds. The SMILES string of the molecule is Cc1cc(C)c(C(=O)NCC2(c3ccsc3)CCCC2)c(C)c1. The molecule has 1 aliphatic rings. The molecule has 0 bridgehead atoms. The third-order valence-corrected chi connectivity index (χ3v) is 5.87. The van der Waals surface area contributed by atoms with E-state index in [0.717, 1.165) is 23.2 Å². The predicted octanol–water partition coefficient (Wildman–Crippen LogP) is 4.92. The van der Waals surface area contributed by atoms with E-state index in [2.05, 4.69) is 41.2 Å². The molecule has 0 atom stereocenters. The lowest BCUT2D eigenvalue weighted by atomic mass is 9.80. The van der Waals surface area contributed by atoms with Crippen LogP contribution in [-0.4, -0.2) is 12.5 Å². The van der Waals surface area contributed by atoms with Gasteiger partial charge in [-0.3, -0.25) is 4.79 Å². The fraction of sp³-hybridized carbons (Fsp3) is 0.450. The Kier molecular flexibility index (Phi) is 4.58. The van der Waals surface area contributed by atoms with Crippen LogP contribution in [0.1, 0.15) is 58.3 Å². The molecule has 0 radical (unpaired) electrons. The van der Waals surface area contributed by atoms with Crippen LogP contribution in [0, 0.1) is 20.8 Å². The van der Waals surface area contributed by atoms with Crippen molar-refractivity contribution in [2.75, 3.05) is 6.54 Å². The molecule has 1 N–H and O–H groups in total. The number of aryl methyl sites for hydroxylation is 3. The lowest BCUT2D eigenvalue weighted by Crippen LogP contribution is -2.39. The predicted molar refractivity (Wildman–Crippen MR) is 97.5 cm³/mol. The van der Waals surface area contributed by atoms with Crippen LogP contribution in [0.15, 0.2) is 29.0 Å². The van der Waals surface area contributed by atoms with Crippen molar-refractivity contribution >= 4 is 17.2 Å². The molecule has 0 spiro atoms. The Balaban J connectivity index is 1.78. The molecule has 23 heavy (non-hydrogen) atoms. The average molecular weight is 327 g/mol. The Labute approximate surface area is 142 Å². The summed E-state index contributed by atoms with van der Waals surface area (Å²) in [6, 6.07) is 6.41. The Bertz CT molecular complexity index is 673. The lowest BCUT2D eigenvalue weighted by Gasteiger charge is -2.29. The molecular formula is C20H25NOS. The lowest BCUT2D eigenvalue weighted by molar-refractivity contribution is 0.0942. The van der Waals surface area contributed by atoms with Crippen LogP contribution in [-0.2, 0) is 5.41 Å². The average Bonchev–Trinajstić information content (AvgIpc) is 3.16. The second-order valence-corrected chi connectivity index (χ2v) is 7.74. The first-order valence-electron chi connectivity index (χ1n) is 8.41. The van der Waals surface area contributed by atoms with Gasteiger partial charge in [0.1, 0.15) is 0 Å².